The van der Waals surface area contributed by atoms with Gasteiger partial charge in [0.15, 0.2) is 5.76 Å². The van der Waals surface area contributed by atoms with Gasteiger partial charge in [-0.2, -0.15) is 32.6 Å². The second-order valence-electron chi connectivity index (χ2n) is 9.18. The molecule has 2 saturated heterocycles. The van der Waals surface area contributed by atoms with E-state index in [1.807, 2.05) is 22.8 Å². The number of aryl methyl sites for hydroxylation is 1. The van der Waals surface area contributed by atoms with E-state index < -0.39 is 18.6 Å². The summed E-state index contributed by atoms with van der Waals surface area (Å²) < 4.78 is 44.2. The van der Waals surface area contributed by atoms with E-state index in [1.54, 1.807) is 11.0 Å². The number of nitrogens with two attached hydrogens (primary N) is 1. The fourth-order valence-corrected chi connectivity index (χ4v) is 4.75. The summed E-state index contributed by atoms with van der Waals surface area (Å²) in [6.07, 6.45) is -3.40. The number of halogens is 3. The smallest absolute Gasteiger partial charge is 0.389 e. The first-order valence-electron chi connectivity index (χ1n) is 12.0. The van der Waals surface area contributed by atoms with Crippen LogP contribution in [0.2, 0.25) is 0 Å². The highest BCUT2D eigenvalue weighted by molar-refractivity contribution is 5.85. The molecule has 5 heterocycles. The monoisotopic (exact) mass is 507 g/mol. The molecular formula is C22H28F3N9O2. The molecule has 0 saturated carbocycles. The largest absolute Gasteiger partial charge is 0.458 e. The lowest BCUT2D eigenvalue weighted by molar-refractivity contribution is -0.136. The van der Waals surface area contributed by atoms with E-state index in [4.69, 9.17) is 10.2 Å². The first-order chi connectivity index (χ1) is 17.2. The number of fused-ring (bicyclic) bond motifs is 1. The van der Waals surface area contributed by atoms with Crippen LogP contribution in [0.15, 0.2) is 16.5 Å². The number of hydrogen-bond acceptors (Lipinski definition) is 9. The lowest BCUT2D eigenvalue weighted by atomic mass is 10.1. The Hall–Kier alpha value is -3.42. The van der Waals surface area contributed by atoms with Gasteiger partial charge in [-0.25, -0.2) is 0 Å². The third kappa shape index (κ3) is 5.08. The molecule has 2 fully saturated rings. The molecule has 2 N–H and O–H groups in total. The summed E-state index contributed by atoms with van der Waals surface area (Å²) in [6, 6.07) is 3.14. The number of carbonyl (C=O) groups is 1. The molecule has 1 amide bonds. The van der Waals surface area contributed by atoms with Gasteiger partial charge in [-0.15, -0.1) is 5.10 Å². The van der Waals surface area contributed by atoms with E-state index in [0.29, 0.717) is 63.2 Å². The van der Waals surface area contributed by atoms with Crippen LogP contribution in [0.3, 0.4) is 0 Å². The van der Waals surface area contributed by atoms with Crippen LogP contribution in [0.5, 0.6) is 0 Å². The summed E-state index contributed by atoms with van der Waals surface area (Å²) in [5, 5.41) is 4.33. The molecule has 0 unspecified atom stereocenters. The maximum absolute atomic E-state index is 13.4. The molecular weight excluding hydrogens is 479 g/mol. The second kappa shape index (κ2) is 9.56. The maximum Gasteiger partial charge on any atom is 0.389 e. The SMILES string of the molecule is Cc1ccc(-c2nc3nc(N4CCC[C@H]4C(=O)N4CCN(CCCC(F)(F)F)CC4)nc(N)n3n2)o1. The number of piperazine rings is 1. The average molecular weight is 508 g/mol. The van der Waals surface area contributed by atoms with Crippen molar-refractivity contribution in [3.05, 3.63) is 17.9 Å². The minimum absolute atomic E-state index is 0.0299. The molecule has 3 aromatic heterocycles. The van der Waals surface area contributed by atoms with E-state index in [2.05, 4.69) is 20.1 Å². The van der Waals surface area contributed by atoms with E-state index in [0.717, 1.165) is 12.2 Å². The predicted molar refractivity (Wildman–Crippen MR) is 124 cm³/mol. The van der Waals surface area contributed by atoms with Crippen molar-refractivity contribution in [1.82, 2.24) is 34.4 Å². The van der Waals surface area contributed by atoms with E-state index in [1.165, 1.54) is 4.52 Å². The minimum Gasteiger partial charge on any atom is -0.458 e. The number of rotatable bonds is 6. The predicted octanol–water partition coefficient (Wildman–Crippen LogP) is 2.13. The summed E-state index contributed by atoms with van der Waals surface area (Å²) >= 11 is 0. The molecule has 14 heteroatoms. The summed E-state index contributed by atoms with van der Waals surface area (Å²) in [5.74, 6) is 2.20. The van der Waals surface area contributed by atoms with E-state index in [9.17, 15) is 18.0 Å². The van der Waals surface area contributed by atoms with Crippen molar-refractivity contribution >= 4 is 23.6 Å². The van der Waals surface area contributed by atoms with Gasteiger partial charge in [0.2, 0.25) is 23.6 Å². The fourth-order valence-electron chi connectivity index (χ4n) is 4.75. The Morgan fingerprint density at radius 3 is 2.61 bits per heavy atom. The van der Waals surface area contributed by atoms with Crippen LogP contribution in [0.25, 0.3) is 17.4 Å². The Bertz CT molecular complexity index is 1230. The Morgan fingerprint density at radius 1 is 1.14 bits per heavy atom. The number of furan rings is 1. The molecule has 2 aliphatic rings. The van der Waals surface area contributed by atoms with E-state index >= 15 is 0 Å². The van der Waals surface area contributed by atoms with Gasteiger partial charge in [0.25, 0.3) is 5.78 Å². The molecule has 0 aliphatic carbocycles. The lowest BCUT2D eigenvalue weighted by Gasteiger charge is -2.37. The fraction of sp³-hybridized carbons (Fsp3) is 0.591. The first kappa shape index (κ1) is 24.3. The summed E-state index contributed by atoms with van der Waals surface area (Å²) in [6.45, 7) is 4.87. The molecule has 5 rings (SSSR count). The zero-order chi connectivity index (χ0) is 25.4. The minimum atomic E-state index is -4.13. The van der Waals surface area contributed by atoms with Gasteiger partial charge in [-0.05, 0) is 44.9 Å². The molecule has 3 aromatic rings. The molecule has 36 heavy (non-hydrogen) atoms. The van der Waals surface area contributed by atoms with Crippen LogP contribution in [-0.4, -0.2) is 91.8 Å². The normalized spacial score (nSPS) is 19.5. The van der Waals surface area contributed by atoms with Crippen molar-refractivity contribution in [2.75, 3.05) is 49.9 Å². The molecule has 1 atom stereocenters. The van der Waals surface area contributed by atoms with Gasteiger partial charge in [0.05, 0.1) is 0 Å². The number of amides is 1. The highest BCUT2D eigenvalue weighted by Gasteiger charge is 2.37. The summed E-state index contributed by atoms with van der Waals surface area (Å²) in [5.41, 5.74) is 6.15. The van der Waals surface area contributed by atoms with Crippen LogP contribution < -0.4 is 10.6 Å². The van der Waals surface area contributed by atoms with Gasteiger partial charge < -0.3 is 20.0 Å². The number of hydrogen-bond donors (Lipinski definition) is 1. The number of aromatic nitrogens is 5. The molecule has 2 aliphatic heterocycles. The quantitative estimate of drug-likeness (QED) is 0.535. The second-order valence-corrected chi connectivity index (χ2v) is 9.18. The topological polar surface area (TPSA) is 122 Å². The number of nitrogen functional groups attached to an aromatic ring is 1. The Balaban J connectivity index is 1.26. The van der Waals surface area contributed by atoms with Crippen LogP contribution in [0.1, 0.15) is 31.4 Å². The Labute approximate surface area is 205 Å². The van der Waals surface area contributed by atoms with Crippen LogP contribution in [0, 0.1) is 6.92 Å². The number of alkyl halides is 3. The maximum atomic E-state index is 13.4. The molecule has 194 valence electrons. The van der Waals surface area contributed by atoms with Crippen molar-refractivity contribution < 1.29 is 22.4 Å². The number of anilines is 2. The molecule has 0 radical (unpaired) electrons. The van der Waals surface area contributed by atoms with Crippen LogP contribution in [0.4, 0.5) is 25.1 Å². The van der Waals surface area contributed by atoms with Gasteiger partial charge in [0, 0.05) is 39.1 Å². The van der Waals surface area contributed by atoms with Crippen molar-refractivity contribution in [2.24, 2.45) is 0 Å². The zero-order valence-corrected chi connectivity index (χ0v) is 19.9. The van der Waals surface area contributed by atoms with Gasteiger partial charge in [-0.1, -0.05) is 0 Å². The Morgan fingerprint density at radius 2 is 1.92 bits per heavy atom. The lowest BCUT2D eigenvalue weighted by Crippen LogP contribution is -2.54. The standard InChI is InChI=1S/C22H28F3N9O2/c1-14-5-6-16(36-14)17-27-21-29-20(28-19(26)34(21)30-17)33-9-2-4-15(33)18(35)32-12-10-31(11-13-32)8-3-7-22(23,24)25/h5-6,15H,2-4,7-13H2,1H3,(H2,26,27,28,29,30)/t15-/m0/s1. The molecule has 0 spiro atoms. The third-order valence-electron chi connectivity index (χ3n) is 6.60. The van der Waals surface area contributed by atoms with Gasteiger partial charge in [0.1, 0.15) is 11.8 Å². The highest BCUT2D eigenvalue weighted by Crippen LogP contribution is 2.27. The van der Waals surface area contributed by atoms with Crippen LogP contribution >= 0.6 is 0 Å². The molecule has 0 bridgehead atoms. The van der Waals surface area contributed by atoms with Gasteiger partial charge >= 0.3 is 6.18 Å². The highest BCUT2D eigenvalue weighted by atomic mass is 19.4. The Kier molecular flexibility index (Phi) is 6.45. The molecule has 11 nitrogen and oxygen atoms in total. The summed E-state index contributed by atoms with van der Waals surface area (Å²) in [4.78, 5) is 32.3. The zero-order valence-electron chi connectivity index (χ0n) is 19.9. The van der Waals surface area contributed by atoms with Crippen molar-refractivity contribution in [3.8, 4) is 11.6 Å². The average Bonchev–Trinajstić information content (AvgIpc) is 3.57. The summed E-state index contributed by atoms with van der Waals surface area (Å²) in [7, 11) is 0. The van der Waals surface area contributed by atoms with Crippen molar-refractivity contribution in [2.45, 2.75) is 44.8 Å². The first-order valence-corrected chi connectivity index (χ1v) is 12.0. The molecule has 0 aromatic carbocycles. The third-order valence-corrected chi connectivity index (χ3v) is 6.60. The van der Waals surface area contributed by atoms with Gasteiger partial charge in [-0.3, -0.25) is 9.69 Å². The van der Waals surface area contributed by atoms with Crippen molar-refractivity contribution in [3.63, 3.8) is 0 Å². The van der Waals surface area contributed by atoms with E-state index in [-0.39, 0.29) is 24.1 Å². The number of carbonyl (C=O) groups excluding carboxylic acids is 1. The van der Waals surface area contributed by atoms with Crippen molar-refractivity contribution in [1.29, 1.82) is 0 Å². The van der Waals surface area contributed by atoms with Crippen LogP contribution in [-0.2, 0) is 4.79 Å². The number of nitrogens with zero attached hydrogens (tertiary/aromatic N) is 8.